The second-order valence-corrected chi connectivity index (χ2v) is 5.84. The molecule has 0 nitrogen and oxygen atoms in total. The van der Waals surface area contributed by atoms with Gasteiger partial charge in [-0.15, -0.1) is 0 Å². The van der Waals surface area contributed by atoms with E-state index in [2.05, 4.69) is 0 Å². The fourth-order valence-electron chi connectivity index (χ4n) is 6.38. The van der Waals surface area contributed by atoms with Gasteiger partial charge in [0.25, 0.3) is 0 Å². The Morgan fingerprint density at radius 1 is 0.455 bits per heavy atom. The molecule has 0 heteroatoms. The minimum atomic E-state index is 1.25. The first kappa shape index (κ1) is 4.89. The molecular formula is C11H14. The maximum atomic E-state index is 1.68. The molecular weight excluding hydrogens is 132 g/mol. The fraction of sp³-hybridized carbons (Fsp3) is 1.00. The quantitative estimate of drug-likeness (QED) is 0.491. The molecule has 0 spiro atoms. The molecule has 0 aliphatic heterocycles. The largest absolute Gasteiger partial charge is 0.0465 e. The van der Waals surface area contributed by atoms with Crippen LogP contribution in [0.4, 0.5) is 0 Å². The Balaban J connectivity index is 1.90. The van der Waals surface area contributed by atoms with Crippen molar-refractivity contribution in [1.82, 2.24) is 0 Å². The molecule has 8 atom stereocenters. The van der Waals surface area contributed by atoms with E-state index in [0.717, 1.165) is 0 Å². The summed E-state index contributed by atoms with van der Waals surface area (Å²) in [5, 5.41) is 0. The SMILES string of the molecule is C1C2C3CC4C5CC3C1C5C24. The summed E-state index contributed by atoms with van der Waals surface area (Å²) in [6.45, 7) is 0. The Bertz CT molecular complexity index is 201. The highest BCUT2D eigenvalue weighted by atomic mass is 14.8. The van der Waals surface area contributed by atoms with E-state index in [1.165, 1.54) is 47.3 Å². The summed E-state index contributed by atoms with van der Waals surface area (Å²) >= 11 is 0. The summed E-state index contributed by atoms with van der Waals surface area (Å²) in [4.78, 5) is 0. The van der Waals surface area contributed by atoms with Crippen molar-refractivity contribution in [2.75, 3.05) is 0 Å². The topological polar surface area (TPSA) is 0 Å². The lowest BCUT2D eigenvalue weighted by atomic mass is 9.60. The van der Waals surface area contributed by atoms with E-state index in [9.17, 15) is 0 Å². The zero-order valence-electron chi connectivity index (χ0n) is 6.74. The third-order valence-corrected chi connectivity index (χ3v) is 6.25. The van der Waals surface area contributed by atoms with Crippen LogP contribution < -0.4 is 0 Å². The lowest BCUT2D eigenvalue weighted by Crippen LogP contribution is -2.40. The van der Waals surface area contributed by atoms with E-state index in [-0.39, 0.29) is 0 Å². The average molecular weight is 146 g/mol. The van der Waals surface area contributed by atoms with Crippen molar-refractivity contribution >= 4 is 0 Å². The maximum absolute atomic E-state index is 1.68. The summed E-state index contributed by atoms with van der Waals surface area (Å²) < 4.78 is 0. The van der Waals surface area contributed by atoms with Gasteiger partial charge in [0, 0.05) is 0 Å². The number of rotatable bonds is 0. The van der Waals surface area contributed by atoms with E-state index in [1.54, 1.807) is 19.3 Å². The second kappa shape index (κ2) is 1.11. The summed E-state index contributed by atoms with van der Waals surface area (Å²) in [6.07, 6.45) is 5.03. The van der Waals surface area contributed by atoms with Crippen LogP contribution in [0.15, 0.2) is 0 Å². The molecule has 5 aliphatic carbocycles. The van der Waals surface area contributed by atoms with Gasteiger partial charge in [-0.05, 0) is 66.6 Å². The first-order chi connectivity index (χ1) is 5.45. The molecule has 11 heavy (non-hydrogen) atoms. The summed E-state index contributed by atoms with van der Waals surface area (Å²) in [7, 11) is 0. The van der Waals surface area contributed by atoms with Gasteiger partial charge in [-0.3, -0.25) is 0 Å². The fourth-order valence-corrected chi connectivity index (χ4v) is 6.38. The first-order valence-electron chi connectivity index (χ1n) is 5.45. The van der Waals surface area contributed by atoms with Gasteiger partial charge in [0.05, 0.1) is 0 Å². The van der Waals surface area contributed by atoms with E-state index < -0.39 is 0 Å². The Morgan fingerprint density at radius 2 is 0.818 bits per heavy atom. The Labute approximate surface area is 67.4 Å². The van der Waals surface area contributed by atoms with Crippen molar-refractivity contribution in [3.05, 3.63) is 0 Å². The predicted octanol–water partition coefficient (Wildman–Crippen LogP) is 2.15. The van der Waals surface area contributed by atoms with Gasteiger partial charge < -0.3 is 0 Å². The van der Waals surface area contributed by atoms with Crippen LogP contribution in [0, 0.1) is 47.3 Å². The highest BCUT2D eigenvalue weighted by molar-refractivity contribution is 5.24. The predicted molar refractivity (Wildman–Crippen MR) is 41.8 cm³/mol. The molecule has 0 heterocycles. The molecule has 0 aromatic rings. The van der Waals surface area contributed by atoms with Crippen LogP contribution in [0.3, 0.4) is 0 Å². The smallest absolute Gasteiger partial charge is 0.0318 e. The maximum Gasteiger partial charge on any atom is -0.0318 e. The minimum Gasteiger partial charge on any atom is -0.0465 e. The van der Waals surface area contributed by atoms with Crippen molar-refractivity contribution < 1.29 is 0 Å². The number of hydrogen-bond donors (Lipinski definition) is 0. The Hall–Kier alpha value is 0. The Morgan fingerprint density at radius 3 is 1.36 bits per heavy atom. The molecule has 0 aromatic carbocycles. The van der Waals surface area contributed by atoms with E-state index in [0.29, 0.717) is 0 Å². The third kappa shape index (κ3) is 0.278. The molecule has 5 rings (SSSR count). The monoisotopic (exact) mass is 146 g/mol. The van der Waals surface area contributed by atoms with Crippen LogP contribution in [0.5, 0.6) is 0 Å². The van der Waals surface area contributed by atoms with Crippen LogP contribution in [0.1, 0.15) is 19.3 Å². The zero-order valence-corrected chi connectivity index (χ0v) is 6.74. The molecule has 5 saturated carbocycles. The molecule has 0 aromatic heterocycles. The molecule has 8 unspecified atom stereocenters. The van der Waals surface area contributed by atoms with Gasteiger partial charge in [-0.25, -0.2) is 0 Å². The number of fused-ring (bicyclic) bond motifs is 2. The molecule has 0 N–H and O–H groups in total. The second-order valence-electron chi connectivity index (χ2n) is 5.84. The normalized spacial score (nSPS) is 85.1. The van der Waals surface area contributed by atoms with Gasteiger partial charge in [-0.2, -0.15) is 0 Å². The first-order valence-corrected chi connectivity index (χ1v) is 5.45. The molecule has 0 amide bonds. The molecule has 0 saturated heterocycles. The Kier molecular flexibility index (Phi) is 0.494. The van der Waals surface area contributed by atoms with Crippen LogP contribution in [-0.4, -0.2) is 0 Å². The zero-order chi connectivity index (χ0) is 6.74. The lowest BCUT2D eigenvalue weighted by Gasteiger charge is -2.45. The molecule has 5 fully saturated rings. The van der Waals surface area contributed by atoms with Gasteiger partial charge >= 0.3 is 0 Å². The lowest BCUT2D eigenvalue weighted by molar-refractivity contribution is 0.0250. The van der Waals surface area contributed by atoms with Crippen LogP contribution in [-0.2, 0) is 0 Å². The summed E-state index contributed by atoms with van der Waals surface area (Å²) in [6, 6.07) is 0. The molecule has 58 valence electrons. The van der Waals surface area contributed by atoms with Gasteiger partial charge in [0.1, 0.15) is 0 Å². The number of hydrogen-bond acceptors (Lipinski definition) is 0. The van der Waals surface area contributed by atoms with Crippen LogP contribution >= 0.6 is 0 Å². The molecule has 5 aliphatic rings. The third-order valence-electron chi connectivity index (χ3n) is 6.25. The van der Waals surface area contributed by atoms with Crippen molar-refractivity contribution in [3.63, 3.8) is 0 Å². The van der Waals surface area contributed by atoms with E-state index in [4.69, 9.17) is 0 Å². The van der Waals surface area contributed by atoms with Crippen molar-refractivity contribution in [1.29, 1.82) is 0 Å². The van der Waals surface area contributed by atoms with Crippen molar-refractivity contribution in [2.45, 2.75) is 19.3 Å². The summed E-state index contributed by atoms with van der Waals surface area (Å²) in [5.41, 5.74) is 0. The summed E-state index contributed by atoms with van der Waals surface area (Å²) in [5.74, 6) is 10.1. The van der Waals surface area contributed by atoms with Gasteiger partial charge in [-0.1, -0.05) is 0 Å². The van der Waals surface area contributed by atoms with Crippen LogP contribution in [0.2, 0.25) is 0 Å². The van der Waals surface area contributed by atoms with Gasteiger partial charge in [0.15, 0.2) is 0 Å². The van der Waals surface area contributed by atoms with Crippen molar-refractivity contribution in [3.8, 4) is 0 Å². The molecule has 2 bridgehead atoms. The van der Waals surface area contributed by atoms with E-state index >= 15 is 0 Å². The highest BCUT2D eigenvalue weighted by Crippen LogP contribution is 2.82. The van der Waals surface area contributed by atoms with Crippen LogP contribution in [0.25, 0.3) is 0 Å². The van der Waals surface area contributed by atoms with Gasteiger partial charge in [0.2, 0.25) is 0 Å². The van der Waals surface area contributed by atoms with Crippen molar-refractivity contribution in [2.24, 2.45) is 47.3 Å². The average Bonchev–Trinajstić information content (AvgIpc) is 2.45. The minimum absolute atomic E-state index is 1.25. The van der Waals surface area contributed by atoms with E-state index in [1.807, 2.05) is 0 Å². The standard InChI is InChI=1S/C11H14/c1-4-5-2-9-8(1)10-6(4)3-7(5)11(9)10/h4-11H,1-3H2. The molecule has 0 radical (unpaired) electrons. The highest BCUT2D eigenvalue weighted by Gasteiger charge is 2.77.